The van der Waals surface area contributed by atoms with Crippen molar-refractivity contribution in [1.82, 2.24) is 5.32 Å². The molecule has 1 aromatic rings. The number of carbonyl (C=O) groups is 1. The zero-order valence-electron chi connectivity index (χ0n) is 8.72. The molecule has 0 fully saturated rings. The van der Waals surface area contributed by atoms with E-state index < -0.39 is 0 Å². The van der Waals surface area contributed by atoms with Gasteiger partial charge in [-0.1, -0.05) is 12.1 Å². The van der Waals surface area contributed by atoms with Gasteiger partial charge < -0.3 is 16.4 Å². The molecule has 0 aliphatic heterocycles. The van der Waals surface area contributed by atoms with E-state index in [1.54, 1.807) is 19.2 Å². The Hall–Kier alpha value is -2.04. The number of hydrogen-bond acceptors (Lipinski definition) is 2. The standard InChI is InChI=1S/C10H14N4O/c1-6-3-4-7(9(11)12)5-8(6)14-10(15)13-2/h3-5H,1-2H3,(H3,11,12)(H2,13,14,15). The van der Waals surface area contributed by atoms with E-state index in [0.29, 0.717) is 11.3 Å². The maximum Gasteiger partial charge on any atom is 0.318 e. The second kappa shape index (κ2) is 4.45. The number of amides is 2. The predicted octanol–water partition coefficient (Wildman–Crippen LogP) is 1.03. The summed E-state index contributed by atoms with van der Waals surface area (Å²) in [5, 5.41) is 12.4. The molecular formula is C10H14N4O. The average molecular weight is 206 g/mol. The van der Waals surface area contributed by atoms with Gasteiger partial charge in [0.05, 0.1) is 0 Å². The molecule has 0 heterocycles. The molecule has 0 spiro atoms. The molecule has 0 radical (unpaired) electrons. The van der Waals surface area contributed by atoms with Crippen LogP contribution in [0, 0.1) is 12.3 Å². The van der Waals surface area contributed by atoms with Crippen molar-refractivity contribution in [3.63, 3.8) is 0 Å². The van der Waals surface area contributed by atoms with Crippen LogP contribution >= 0.6 is 0 Å². The number of hydrogen-bond donors (Lipinski definition) is 4. The van der Waals surface area contributed by atoms with Crippen molar-refractivity contribution in [2.75, 3.05) is 12.4 Å². The van der Waals surface area contributed by atoms with Gasteiger partial charge in [0, 0.05) is 18.3 Å². The van der Waals surface area contributed by atoms with Gasteiger partial charge in [0.25, 0.3) is 0 Å². The Morgan fingerprint density at radius 3 is 2.67 bits per heavy atom. The minimum absolute atomic E-state index is 0.0186. The number of nitrogens with two attached hydrogens (primary N) is 1. The van der Waals surface area contributed by atoms with Crippen molar-refractivity contribution >= 4 is 17.6 Å². The minimum Gasteiger partial charge on any atom is -0.384 e. The average Bonchev–Trinajstić information content (AvgIpc) is 2.20. The van der Waals surface area contributed by atoms with E-state index >= 15 is 0 Å². The molecule has 1 aromatic carbocycles. The van der Waals surface area contributed by atoms with Crippen LogP contribution in [0.5, 0.6) is 0 Å². The highest BCUT2D eigenvalue weighted by atomic mass is 16.2. The molecule has 0 saturated heterocycles. The first-order valence-corrected chi connectivity index (χ1v) is 4.48. The zero-order valence-corrected chi connectivity index (χ0v) is 8.72. The highest BCUT2D eigenvalue weighted by Crippen LogP contribution is 2.16. The molecule has 0 aliphatic carbocycles. The molecule has 80 valence electrons. The van der Waals surface area contributed by atoms with E-state index in [1.807, 2.05) is 13.0 Å². The Bertz CT molecular complexity index is 400. The van der Waals surface area contributed by atoms with Crippen molar-refractivity contribution in [3.05, 3.63) is 29.3 Å². The summed E-state index contributed by atoms with van der Waals surface area (Å²) in [6.45, 7) is 1.87. The summed E-state index contributed by atoms with van der Waals surface area (Å²) in [6.07, 6.45) is 0. The van der Waals surface area contributed by atoms with E-state index in [1.165, 1.54) is 0 Å². The van der Waals surface area contributed by atoms with E-state index in [4.69, 9.17) is 11.1 Å². The second-order valence-corrected chi connectivity index (χ2v) is 3.15. The minimum atomic E-state index is -0.293. The Kier molecular flexibility index (Phi) is 3.28. The molecule has 5 heteroatoms. The van der Waals surface area contributed by atoms with E-state index in [-0.39, 0.29) is 11.9 Å². The summed E-state index contributed by atoms with van der Waals surface area (Å²) in [5.74, 6) is -0.0186. The second-order valence-electron chi connectivity index (χ2n) is 3.15. The topological polar surface area (TPSA) is 91.0 Å². The number of benzene rings is 1. The summed E-state index contributed by atoms with van der Waals surface area (Å²) in [6, 6.07) is 4.93. The number of carbonyl (C=O) groups excluding carboxylic acids is 1. The summed E-state index contributed by atoms with van der Waals surface area (Å²) in [5.41, 5.74) is 7.52. The van der Waals surface area contributed by atoms with Gasteiger partial charge in [-0.05, 0) is 18.6 Å². The molecule has 0 aliphatic rings. The fraction of sp³-hybridized carbons (Fsp3) is 0.200. The van der Waals surface area contributed by atoms with Gasteiger partial charge in [0.15, 0.2) is 0 Å². The Morgan fingerprint density at radius 2 is 2.13 bits per heavy atom. The van der Waals surface area contributed by atoms with Crippen molar-refractivity contribution in [2.24, 2.45) is 5.73 Å². The first kappa shape index (κ1) is 11.0. The summed E-state index contributed by atoms with van der Waals surface area (Å²) in [4.78, 5) is 11.1. The number of nitrogen functional groups attached to an aromatic ring is 1. The van der Waals surface area contributed by atoms with Crippen LogP contribution in [0.1, 0.15) is 11.1 Å². The number of anilines is 1. The first-order chi connectivity index (χ1) is 7.04. The van der Waals surface area contributed by atoms with Crippen molar-refractivity contribution in [1.29, 1.82) is 5.41 Å². The van der Waals surface area contributed by atoms with Crippen LogP contribution in [-0.4, -0.2) is 18.9 Å². The molecule has 1 rings (SSSR count). The van der Waals surface area contributed by atoms with Gasteiger partial charge in [-0.25, -0.2) is 4.79 Å². The van der Waals surface area contributed by atoms with Crippen molar-refractivity contribution in [3.8, 4) is 0 Å². The SMILES string of the molecule is CNC(=O)Nc1cc(C(=N)N)ccc1C. The van der Waals surface area contributed by atoms with Gasteiger partial charge in [-0.3, -0.25) is 5.41 Å². The highest BCUT2D eigenvalue weighted by molar-refractivity contribution is 5.97. The fourth-order valence-electron chi connectivity index (χ4n) is 1.11. The zero-order chi connectivity index (χ0) is 11.4. The molecule has 0 saturated carbocycles. The molecule has 0 unspecified atom stereocenters. The monoisotopic (exact) mass is 206 g/mol. The molecule has 15 heavy (non-hydrogen) atoms. The van der Waals surface area contributed by atoms with Crippen molar-refractivity contribution in [2.45, 2.75) is 6.92 Å². The lowest BCUT2D eigenvalue weighted by atomic mass is 10.1. The quantitative estimate of drug-likeness (QED) is 0.430. The van der Waals surface area contributed by atoms with Gasteiger partial charge in [-0.15, -0.1) is 0 Å². The Balaban J connectivity index is 3.00. The van der Waals surface area contributed by atoms with Crippen LogP contribution in [0.3, 0.4) is 0 Å². The van der Waals surface area contributed by atoms with Crippen LogP contribution in [0.4, 0.5) is 10.5 Å². The number of nitrogens with one attached hydrogen (secondary N) is 3. The van der Waals surface area contributed by atoms with Gasteiger partial charge >= 0.3 is 6.03 Å². The van der Waals surface area contributed by atoms with Crippen LogP contribution in [0.2, 0.25) is 0 Å². The van der Waals surface area contributed by atoms with E-state index in [9.17, 15) is 4.79 Å². The molecule has 5 nitrogen and oxygen atoms in total. The first-order valence-electron chi connectivity index (χ1n) is 4.48. The number of aryl methyl sites for hydroxylation is 1. The summed E-state index contributed by atoms with van der Waals surface area (Å²) >= 11 is 0. The van der Waals surface area contributed by atoms with E-state index in [2.05, 4.69) is 10.6 Å². The number of urea groups is 1. The number of rotatable bonds is 2. The van der Waals surface area contributed by atoms with Gasteiger partial charge in [0.2, 0.25) is 0 Å². The van der Waals surface area contributed by atoms with Gasteiger partial charge in [0.1, 0.15) is 5.84 Å². The largest absolute Gasteiger partial charge is 0.384 e. The lowest BCUT2D eigenvalue weighted by Gasteiger charge is -2.09. The third-order valence-corrected chi connectivity index (χ3v) is 2.02. The molecule has 5 N–H and O–H groups in total. The Labute approximate surface area is 88.2 Å². The lowest BCUT2D eigenvalue weighted by molar-refractivity contribution is 0.254. The maximum atomic E-state index is 11.1. The molecule has 2 amide bonds. The van der Waals surface area contributed by atoms with E-state index in [0.717, 1.165) is 5.56 Å². The lowest BCUT2D eigenvalue weighted by Crippen LogP contribution is -2.25. The number of amidine groups is 1. The molecule has 0 bridgehead atoms. The van der Waals surface area contributed by atoms with Crippen LogP contribution in [-0.2, 0) is 0 Å². The predicted molar refractivity (Wildman–Crippen MR) is 60.3 cm³/mol. The fourth-order valence-corrected chi connectivity index (χ4v) is 1.11. The van der Waals surface area contributed by atoms with Crippen LogP contribution < -0.4 is 16.4 Å². The molecular weight excluding hydrogens is 192 g/mol. The maximum absolute atomic E-state index is 11.1. The molecule has 0 aromatic heterocycles. The summed E-state index contributed by atoms with van der Waals surface area (Å²) in [7, 11) is 1.54. The van der Waals surface area contributed by atoms with Crippen molar-refractivity contribution < 1.29 is 4.79 Å². The van der Waals surface area contributed by atoms with Crippen LogP contribution in [0.15, 0.2) is 18.2 Å². The Morgan fingerprint density at radius 1 is 1.47 bits per heavy atom. The van der Waals surface area contributed by atoms with Gasteiger partial charge in [-0.2, -0.15) is 0 Å². The third kappa shape index (κ3) is 2.70. The van der Waals surface area contributed by atoms with Crippen LogP contribution in [0.25, 0.3) is 0 Å². The highest BCUT2D eigenvalue weighted by Gasteiger charge is 2.04. The smallest absolute Gasteiger partial charge is 0.318 e. The third-order valence-electron chi connectivity index (χ3n) is 2.02. The summed E-state index contributed by atoms with van der Waals surface area (Å²) < 4.78 is 0. The normalized spacial score (nSPS) is 9.47. The molecule has 0 atom stereocenters.